The number of hydrogen-bond donors (Lipinski definition) is 0. The molecule has 5 heteroatoms. The molecule has 0 aliphatic carbocycles. The number of methoxy groups -OCH3 is 1. The van der Waals surface area contributed by atoms with Crippen molar-refractivity contribution in [3.8, 4) is 5.75 Å². The zero-order chi connectivity index (χ0) is 16.9. The van der Waals surface area contributed by atoms with Gasteiger partial charge in [-0.2, -0.15) is 0 Å². The predicted molar refractivity (Wildman–Crippen MR) is 96.5 cm³/mol. The number of rotatable bonds is 4. The maximum absolute atomic E-state index is 12.3. The molecule has 124 valence electrons. The van der Waals surface area contributed by atoms with Gasteiger partial charge in [0.1, 0.15) is 11.0 Å². The van der Waals surface area contributed by atoms with Crippen molar-refractivity contribution >= 4 is 29.1 Å². The summed E-state index contributed by atoms with van der Waals surface area (Å²) < 4.78 is 10.4. The van der Waals surface area contributed by atoms with Gasteiger partial charge in [0.15, 0.2) is 0 Å². The van der Waals surface area contributed by atoms with E-state index in [1.807, 2.05) is 55.5 Å². The van der Waals surface area contributed by atoms with E-state index in [0.717, 1.165) is 27.6 Å². The van der Waals surface area contributed by atoms with Crippen molar-refractivity contribution in [2.45, 2.75) is 23.5 Å². The molecule has 1 atom stereocenters. The standard InChI is InChI=1S/C19H19NO3S/c1-3-23-19(21)18-12-16(13-8-10-14(22-2)11-9-13)20-15-6-4-5-7-17(15)24-18/h4-11,18H,3,12H2,1-2H3. The SMILES string of the molecule is CCOC(=O)C1CC(c2ccc(OC)cc2)=Nc2ccccc2S1. The average molecular weight is 341 g/mol. The molecule has 0 fully saturated rings. The number of esters is 1. The van der Waals surface area contributed by atoms with Crippen LogP contribution in [0.3, 0.4) is 0 Å². The molecule has 3 rings (SSSR count). The summed E-state index contributed by atoms with van der Waals surface area (Å²) in [5, 5.41) is -0.297. The lowest BCUT2D eigenvalue weighted by Gasteiger charge is -2.14. The van der Waals surface area contributed by atoms with E-state index in [4.69, 9.17) is 14.5 Å². The molecule has 1 heterocycles. The van der Waals surface area contributed by atoms with Gasteiger partial charge in [-0.25, -0.2) is 0 Å². The van der Waals surface area contributed by atoms with E-state index in [9.17, 15) is 4.79 Å². The summed E-state index contributed by atoms with van der Waals surface area (Å²) >= 11 is 1.52. The molecule has 24 heavy (non-hydrogen) atoms. The summed E-state index contributed by atoms with van der Waals surface area (Å²) in [5.41, 5.74) is 2.76. The normalized spacial score (nSPS) is 16.6. The largest absolute Gasteiger partial charge is 0.497 e. The van der Waals surface area contributed by atoms with Crippen LogP contribution in [0.2, 0.25) is 0 Å². The molecular formula is C19H19NO3S. The minimum absolute atomic E-state index is 0.194. The summed E-state index contributed by atoms with van der Waals surface area (Å²) in [4.78, 5) is 18.1. The Morgan fingerprint density at radius 2 is 1.96 bits per heavy atom. The molecule has 1 aliphatic rings. The lowest BCUT2D eigenvalue weighted by Crippen LogP contribution is -2.23. The molecule has 0 saturated carbocycles. The summed E-state index contributed by atoms with van der Waals surface area (Å²) in [6.07, 6.45) is 0.532. The average Bonchev–Trinajstić information content (AvgIpc) is 2.81. The molecule has 1 unspecified atom stereocenters. The molecule has 0 saturated heterocycles. The van der Waals surface area contributed by atoms with E-state index in [2.05, 4.69) is 0 Å². The fourth-order valence-corrected chi connectivity index (χ4v) is 3.65. The Kier molecular flexibility index (Phi) is 5.20. The lowest BCUT2D eigenvalue weighted by molar-refractivity contribution is -0.142. The van der Waals surface area contributed by atoms with Crippen molar-refractivity contribution in [1.29, 1.82) is 0 Å². The van der Waals surface area contributed by atoms with Crippen LogP contribution in [0.4, 0.5) is 5.69 Å². The number of carbonyl (C=O) groups is 1. The number of para-hydroxylation sites is 1. The first-order chi connectivity index (χ1) is 11.7. The maximum atomic E-state index is 12.3. The van der Waals surface area contributed by atoms with E-state index in [0.29, 0.717) is 13.0 Å². The van der Waals surface area contributed by atoms with Gasteiger partial charge in [0.25, 0.3) is 0 Å². The van der Waals surface area contributed by atoms with Crippen LogP contribution in [0.5, 0.6) is 5.75 Å². The van der Waals surface area contributed by atoms with Crippen molar-refractivity contribution in [2.75, 3.05) is 13.7 Å². The second-order valence-electron chi connectivity index (χ2n) is 5.32. The van der Waals surface area contributed by atoms with E-state index in [-0.39, 0.29) is 11.2 Å². The molecule has 2 aromatic carbocycles. The first kappa shape index (κ1) is 16.6. The topological polar surface area (TPSA) is 47.9 Å². The zero-order valence-electron chi connectivity index (χ0n) is 13.7. The van der Waals surface area contributed by atoms with Crippen molar-refractivity contribution < 1.29 is 14.3 Å². The Balaban J connectivity index is 1.99. The van der Waals surface area contributed by atoms with Gasteiger partial charge in [0.2, 0.25) is 0 Å². The molecular weight excluding hydrogens is 322 g/mol. The highest BCUT2D eigenvalue weighted by molar-refractivity contribution is 8.00. The zero-order valence-corrected chi connectivity index (χ0v) is 14.5. The minimum atomic E-state index is -0.297. The molecule has 0 amide bonds. The highest BCUT2D eigenvalue weighted by Gasteiger charge is 2.27. The first-order valence-electron chi connectivity index (χ1n) is 7.85. The molecule has 0 aromatic heterocycles. The third-order valence-electron chi connectivity index (χ3n) is 3.74. The van der Waals surface area contributed by atoms with Gasteiger partial charge in [0.05, 0.1) is 25.1 Å². The van der Waals surface area contributed by atoms with Crippen LogP contribution in [0.1, 0.15) is 18.9 Å². The van der Waals surface area contributed by atoms with Crippen LogP contribution < -0.4 is 4.74 Å². The number of nitrogens with zero attached hydrogens (tertiary/aromatic N) is 1. The Hall–Kier alpha value is -2.27. The Labute approximate surface area is 145 Å². The highest BCUT2D eigenvalue weighted by atomic mass is 32.2. The number of ether oxygens (including phenoxy) is 2. The molecule has 0 bridgehead atoms. The maximum Gasteiger partial charge on any atom is 0.319 e. The van der Waals surface area contributed by atoms with Gasteiger partial charge < -0.3 is 9.47 Å². The van der Waals surface area contributed by atoms with E-state index in [1.54, 1.807) is 7.11 Å². The number of thioether (sulfide) groups is 1. The molecule has 0 N–H and O–H groups in total. The number of aliphatic imine (C=N–C) groups is 1. The Morgan fingerprint density at radius 1 is 1.21 bits per heavy atom. The molecule has 2 aromatic rings. The van der Waals surface area contributed by atoms with Crippen LogP contribution in [-0.2, 0) is 9.53 Å². The smallest absolute Gasteiger partial charge is 0.319 e. The second-order valence-corrected chi connectivity index (χ2v) is 6.56. The van der Waals surface area contributed by atoms with E-state index in [1.165, 1.54) is 11.8 Å². The van der Waals surface area contributed by atoms with Crippen molar-refractivity contribution in [2.24, 2.45) is 4.99 Å². The van der Waals surface area contributed by atoms with Gasteiger partial charge in [-0.15, -0.1) is 11.8 Å². The van der Waals surface area contributed by atoms with Crippen LogP contribution in [0.25, 0.3) is 0 Å². The summed E-state index contributed by atoms with van der Waals surface area (Å²) in [6.45, 7) is 2.21. The van der Waals surface area contributed by atoms with Crippen LogP contribution in [-0.4, -0.2) is 30.6 Å². The van der Waals surface area contributed by atoms with Crippen LogP contribution >= 0.6 is 11.8 Å². The second kappa shape index (κ2) is 7.53. The van der Waals surface area contributed by atoms with Crippen molar-refractivity contribution in [3.63, 3.8) is 0 Å². The molecule has 0 spiro atoms. The van der Waals surface area contributed by atoms with Crippen LogP contribution in [0, 0.1) is 0 Å². The van der Waals surface area contributed by atoms with Crippen molar-refractivity contribution in [1.82, 2.24) is 0 Å². The Morgan fingerprint density at radius 3 is 2.67 bits per heavy atom. The molecule has 1 aliphatic heterocycles. The van der Waals surface area contributed by atoms with Crippen LogP contribution in [0.15, 0.2) is 58.4 Å². The molecule has 0 radical (unpaired) electrons. The van der Waals surface area contributed by atoms with E-state index < -0.39 is 0 Å². The van der Waals surface area contributed by atoms with Gasteiger partial charge >= 0.3 is 5.97 Å². The number of benzene rings is 2. The van der Waals surface area contributed by atoms with Crippen molar-refractivity contribution in [3.05, 3.63) is 54.1 Å². The lowest BCUT2D eigenvalue weighted by atomic mass is 10.0. The minimum Gasteiger partial charge on any atom is -0.497 e. The fourth-order valence-electron chi connectivity index (χ4n) is 2.54. The monoisotopic (exact) mass is 341 g/mol. The van der Waals surface area contributed by atoms with Gasteiger partial charge in [-0.3, -0.25) is 9.79 Å². The summed E-state index contributed by atoms with van der Waals surface area (Å²) in [7, 11) is 1.64. The fraction of sp³-hybridized carbons (Fsp3) is 0.263. The van der Waals surface area contributed by atoms with Gasteiger partial charge in [-0.1, -0.05) is 12.1 Å². The third kappa shape index (κ3) is 3.62. The number of hydrogen-bond acceptors (Lipinski definition) is 5. The third-order valence-corrected chi connectivity index (χ3v) is 4.98. The molecule has 4 nitrogen and oxygen atoms in total. The summed E-state index contributed by atoms with van der Waals surface area (Å²) in [6, 6.07) is 15.6. The number of carbonyl (C=O) groups excluding carboxylic acids is 1. The first-order valence-corrected chi connectivity index (χ1v) is 8.73. The predicted octanol–water partition coefficient (Wildman–Crippen LogP) is 4.24. The van der Waals surface area contributed by atoms with E-state index >= 15 is 0 Å². The highest BCUT2D eigenvalue weighted by Crippen LogP contribution is 2.38. The quantitative estimate of drug-likeness (QED) is 0.780. The Bertz CT molecular complexity index is 755. The van der Waals surface area contributed by atoms with Gasteiger partial charge in [-0.05, 0) is 48.9 Å². The summed E-state index contributed by atoms with van der Waals surface area (Å²) in [5.74, 6) is 0.602. The van der Waals surface area contributed by atoms with Gasteiger partial charge in [0, 0.05) is 11.3 Å². The number of fused-ring (bicyclic) bond motifs is 1.